The van der Waals surface area contributed by atoms with Crippen molar-refractivity contribution < 1.29 is 4.74 Å². The molecular formula is C15H17N3O. The third kappa shape index (κ3) is 2.58. The molecule has 0 radical (unpaired) electrons. The van der Waals surface area contributed by atoms with E-state index < -0.39 is 0 Å². The quantitative estimate of drug-likeness (QED) is 0.906. The van der Waals surface area contributed by atoms with Crippen LogP contribution in [0.1, 0.15) is 22.9 Å². The Kier molecular flexibility index (Phi) is 3.42. The first kappa shape index (κ1) is 12.1. The molecule has 2 heterocycles. The van der Waals surface area contributed by atoms with Crippen LogP contribution < -0.4 is 10.5 Å². The normalized spacial score (nSPS) is 17.6. The summed E-state index contributed by atoms with van der Waals surface area (Å²) in [6.45, 7) is 1.27. The van der Waals surface area contributed by atoms with Gasteiger partial charge >= 0.3 is 0 Å². The van der Waals surface area contributed by atoms with Crippen molar-refractivity contribution in [2.75, 3.05) is 13.2 Å². The number of ether oxygens (including phenoxy) is 1. The SMILES string of the molecule is NCCc1cnc(C2COc3ccccc3C2)nc1. The lowest BCUT2D eigenvalue weighted by molar-refractivity contribution is 0.257. The molecule has 1 aliphatic heterocycles. The average Bonchev–Trinajstić information content (AvgIpc) is 2.48. The van der Waals surface area contributed by atoms with Gasteiger partial charge in [0.25, 0.3) is 0 Å². The Bertz CT molecular complexity index is 554. The van der Waals surface area contributed by atoms with Crippen molar-refractivity contribution in [2.24, 2.45) is 5.73 Å². The number of hydrogen-bond donors (Lipinski definition) is 1. The van der Waals surface area contributed by atoms with E-state index in [9.17, 15) is 0 Å². The van der Waals surface area contributed by atoms with Gasteiger partial charge in [-0.15, -0.1) is 0 Å². The maximum atomic E-state index is 5.77. The van der Waals surface area contributed by atoms with Crippen LogP contribution in [0.25, 0.3) is 0 Å². The molecule has 0 saturated carbocycles. The van der Waals surface area contributed by atoms with Gasteiger partial charge < -0.3 is 10.5 Å². The van der Waals surface area contributed by atoms with Gasteiger partial charge in [-0.2, -0.15) is 0 Å². The van der Waals surface area contributed by atoms with Crippen molar-refractivity contribution in [3.63, 3.8) is 0 Å². The van der Waals surface area contributed by atoms with Crippen LogP contribution in [-0.2, 0) is 12.8 Å². The summed E-state index contributed by atoms with van der Waals surface area (Å²) >= 11 is 0. The summed E-state index contributed by atoms with van der Waals surface area (Å²) in [5.74, 6) is 2.08. The Hall–Kier alpha value is -1.94. The molecule has 4 heteroatoms. The van der Waals surface area contributed by atoms with Crippen LogP contribution >= 0.6 is 0 Å². The molecular weight excluding hydrogens is 238 g/mol. The summed E-state index contributed by atoms with van der Waals surface area (Å²) < 4.78 is 5.77. The molecule has 2 N–H and O–H groups in total. The molecule has 2 aromatic rings. The fourth-order valence-electron chi connectivity index (χ4n) is 2.37. The Morgan fingerprint density at radius 1 is 1.21 bits per heavy atom. The maximum absolute atomic E-state index is 5.77. The molecule has 3 rings (SSSR count). The van der Waals surface area contributed by atoms with E-state index in [1.165, 1.54) is 5.56 Å². The predicted molar refractivity (Wildman–Crippen MR) is 73.2 cm³/mol. The minimum absolute atomic E-state index is 0.238. The predicted octanol–water partition coefficient (Wildman–Crippen LogP) is 1.70. The van der Waals surface area contributed by atoms with Crippen molar-refractivity contribution in [3.05, 3.63) is 53.6 Å². The van der Waals surface area contributed by atoms with Crippen molar-refractivity contribution >= 4 is 0 Å². The second kappa shape index (κ2) is 5.36. The van der Waals surface area contributed by atoms with Crippen molar-refractivity contribution in [3.8, 4) is 5.75 Å². The van der Waals surface area contributed by atoms with Gasteiger partial charge in [0.2, 0.25) is 0 Å². The van der Waals surface area contributed by atoms with E-state index in [4.69, 9.17) is 10.5 Å². The fourth-order valence-corrected chi connectivity index (χ4v) is 2.37. The standard InChI is InChI=1S/C15H17N3O/c16-6-5-11-8-17-15(18-9-11)13-7-12-3-1-2-4-14(12)19-10-13/h1-4,8-9,13H,5-7,10,16H2. The first-order valence-electron chi connectivity index (χ1n) is 6.58. The number of para-hydroxylation sites is 1. The van der Waals surface area contributed by atoms with Gasteiger partial charge in [0, 0.05) is 12.4 Å². The van der Waals surface area contributed by atoms with Crippen LogP contribution in [0.3, 0.4) is 0 Å². The van der Waals surface area contributed by atoms with Crippen LogP contribution in [-0.4, -0.2) is 23.1 Å². The Morgan fingerprint density at radius 3 is 2.79 bits per heavy atom. The van der Waals surface area contributed by atoms with Gasteiger partial charge in [-0.1, -0.05) is 18.2 Å². The van der Waals surface area contributed by atoms with Gasteiger partial charge in [-0.3, -0.25) is 0 Å². The van der Waals surface area contributed by atoms with Gasteiger partial charge in [-0.05, 0) is 36.6 Å². The summed E-state index contributed by atoms with van der Waals surface area (Å²) in [6, 6.07) is 8.15. The van der Waals surface area contributed by atoms with Crippen LogP contribution in [0.2, 0.25) is 0 Å². The summed E-state index contributed by atoms with van der Waals surface area (Å²) in [5.41, 5.74) is 7.84. The van der Waals surface area contributed by atoms with Crippen molar-refractivity contribution in [2.45, 2.75) is 18.8 Å². The summed E-state index contributed by atoms with van der Waals surface area (Å²) in [5, 5.41) is 0. The number of rotatable bonds is 3. The van der Waals surface area contributed by atoms with E-state index in [0.717, 1.165) is 30.0 Å². The molecule has 1 unspecified atom stereocenters. The first-order valence-corrected chi connectivity index (χ1v) is 6.58. The van der Waals surface area contributed by atoms with Crippen LogP contribution in [0, 0.1) is 0 Å². The number of fused-ring (bicyclic) bond motifs is 1. The fraction of sp³-hybridized carbons (Fsp3) is 0.333. The third-order valence-electron chi connectivity index (χ3n) is 3.40. The highest BCUT2D eigenvalue weighted by Crippen LogP contribution is 2.30. The minimum Gasteiger partial charge on any atom is -0.493 e. The molecule has 98 valence electrons. The number of aromatic nitrogens is 2. The lowest BCUT2D eigenvalue weighted by Gasteiger charge is -2.24. The van der Waals surface area contributed by atoms with Crippen molar-refractivity contribution in [1.29, 1.82) is 0 Å². The molecule has 0 bridgehead atoms. The van der Waals surface area contributed by atoms with Gasteiger partial charge in [-0.25, -0.2) is 9.97 Å². The van der Waals surface area contributed by atoms with Crippen molar-refractivity contribution in [1.82, 2.24) is 9.97 Å². The Balaban J connectivity index is 1.77. The Morgan fingerprint density at radius 2 is 2.00 bits per heavy atom. The van der Waals surface area contributed by atoms with Gasteiger partial charge in [0.15, 0.2) is 0 Å². The topological polar surface area (TPSA) is 61.0 Å². The van der Waals surface area contributed by atoms with Gasteiger partial charge in [0.1, 0.15) is 11.6 Å². The molecule has 1 atom stereocenters. The molecule has 0 spiro atoms. The van der Waals surface area contributed by atoms with E-state index >= 15 is 0 Å². The molecule has 19 heavy (non-hydrogen) atoms. The largest absolute Gasteiger partial charge is 0.493 e. The monoisotopic (exact) mass is 255 g/mol. The van der Waals surface area contributed by atoms with E-state index in [1.807, 2.05) is 30.6 Å². The smallest absolute Gasteiger partial charge is 0.135 e. The molecule has 4 nitrogen and oxygen atoms in total. The highest BCUT2D eigenvalue weighted by atomic mass is 16.5. The summed E-state index contributed by atoms with van der Waals surface area (Å²) in [6.07, 6.45) is 5.50. The summed E-state index contributed by atoms with van der Waals surface area (Å²) in [7, 11) is 0. The first-order chi connectivity index (χ1) is 9.36. The van der Waals surface area contributed by atoms with Crippen LogP contribution in [0.15, 0.2) is 36.7 Å². The zero-order valence-corrected chi connectivity index (χ0v) is 10.7. The highest BCUT2D eigenvalue weighted by Gasteiger charge is 2.22. The maximum Gasteiger partial charge on any atom is 0.135 e. The number of benzene rings is 1. The molecule has 0 fully saturated rings. The highest BCUT2D eigenvalue weighted by molar-refractivity contribution is 5.36. The molecule has 0 amide bonds. The second-order valence-electron chi connectivity index (χ2n) is 4.81. The van der Waals surface area contributed by atoms with Crippen LogP contribution in [0.4, 0.5) is 0 Å². The zero-order chi connectivity index (χ0) is 13.1. The van der Waals surface area contributed by atoms with E-state index in [-0.39, 0.29) is 5.92 Å². The van der Waals surface area contributed by atoms with E-state index in [0.29, 0.717) is 13.2 Å². The number of nitrogens with zero attached hydrogens (tertiary/aromatic N) is 2. The zero-order valence-electron chi connectivity index (χ0n) is 10.7. The average molecular weight is 255 g/mol. The number of nitrogens with two attached hydrogens (primary N) is 1. The minimum atomic E-state index is 0.238. The molecule has 0 saturated heterocycles. The van der Waals surface area contributed by atoms with E-state index in [2.05, 4.69) is 16.0 Å². The molecule has 0 aliphatic carbocycles. The van der Waals surface area contributed by atoms with Gasteiger partial charge in [0.05, 0.1) is 12.5 Å². The Labute approximate surface area is 112 Å². The summed E-state index contributed by atoms with van der Waals surface area (Å²) in [4.78, 5) is 8.89. The van der Waals surface area contributed by atoms with Crippen LogP contribution in [0.5, 0.6) is 5.75 Å². The lowest BCUT2D eigenvalue weighted by atomic mass is 9.96. The molecule has 1 aromatic heterocycles. The second-order valence-corrected chi connectivity index (χ2v) is 4.81. The lowest BCUT2D eigenvalue weighted by Crippen LogP contribution is -2.21. The van der Waals surface area contributed by atoms with E-state index in [1.54, 1.807) is 0 Å². The molecule has 1 aliphatic rings. The molecule has 1 aromatic carbocycles. The number of hydrogen-bond acceptors (Lipinski definition) is 4. The third-order valence-corrected chi connectivity index (χ3v) is 3.40.